The van der Waals surface area contributed by atoms with E-state index in [1.165, 1.54) is 6.07 Å². The molecule has 0 aromatic carbocycles. The highest BCUT2D eigenvalue weighted by atomic mass is 16.1. The van der Waals surface area contributed by atoms with Gasteiger partial charge in [-0.1, -0.05) is 0 Å². The van der Waals surface area contributed by atoms with Crippen molar-refractivity contribution in [3.05, 3.63) is 40.9 Å². The van der Waals surface area contributed by atoms with Crippen LogP contribution in [0.1, 0.15) is 0 Å². The Morgan fingerprint density at radius 2 is 2.21 bits per heavy atom. The zero-order chi connectivity index (χ0) is 9.54. The van der Waals surface area contributed by atoms with Crippen molar-refractivity contribution in [2.45, 2.75) is 0 Å². The molecule has 0 fully saturated rings. The Labute approximate surface area is 78.4 Å². The minimum absolute atomic E-state index is 0.243. The van der Waals surface area contributed by atoms with Crippen LogP contribution in [-0.2, 0) is 0 Å². The Kier molecular flexibility index (Phi) is 1.25. The molecule has 68 valence electrons. The van der Waals surface area contributed by atoms with E-state index in [4.69, 9.17) is 0 Å². The molecule has 1 N–H and O–H groups in total. The number of pyridine rings is 1. The maximum atomic E-state index is 11.1. The quantitative estimate of drug-likeness (QED) is 0.556. The van der Waals surface area contributed by atoms with Crippen LogP contribution in [0.25, 0.3) is 17.0 Å². The minimum atomic E-state index is -0.243. The third-order valence-electron chi connectivity index (χ3n) is 2.09. The number of rotatable bonds is 0. The van der Waals surface area contributed by atoms with Crippen molar-refractivity contribution in [2.75, 3.05) is 0 Å². The van der Waals surface area contributed by atoms with Gasteiger partial charge in [0.2, 0.25) is 0 Å². The van der Waals surface area contributed by atoms with E-state index in [1.807, 2.05) is 6.07 Å². The number of hydrogen-bond donors (Lipinski definition) is 1. The van der Waals surface area contributed by atoms with E-state index in [0.717, 1.165) is 11.2 Å². The van der Waals surface area contributed by atoms with E-state index < -0.39 is 0 Å². The van der Waals surface area contributed by atoms with Crippen LogP contribution in [0, 0.1) is 0 Å². The molecular weight excluding hydrogens is 180 g/mol. The molecule has 5 nitrogen and oxygen atoms in total. The minimum Gasteiger partial charge on any atom is -0.298 e. The second kappa shape index (κ2) is 2.41. The first-order chi connectivity index (χ1) is 6.84. The maximum Gasteiger partial charge on any atom is 0.271 e. The van der Waals surface area contributed by atoms with Crippen LogP contribution in [0.5, 0.6) is 0 Å². The molecule has 5 heteroatoms. The second-order valence-electron chi connectivity index (χ2n) is 2.98. The smallest absolute Gasteiger partial charge is 0.271 e. The van der Waals surface area contributed by atoms with Gasteiger partial charge in [-0.25, -0.2) is 9.50 Å². The molecule has 1 aromatic rings. The van der Waals surface area contributed by atoms with Crippen LogP contribution in [0.3, 0.4) is 0 Å². The summed E-state index contributed by atoms with van der Waals surface area (Å²) < 4.78 is 1.68. The van der Waals surface area contributed by atoms with Gasteiger partial charge in [0.1, 0.15) is 0 Å². The Hall–Kier alpha value is -2.17. The van der Waals surface area contributed by atoms with E-state index in [9.17, 15) is 4.79 Å². The molecule has 0 saturated carbocycles. The number of H-pyrrole nitrogens is 1. The van der Waals surface area contributed by atoms with Gasteiger partial charge in [-0.05, 0) is 6.07 Å². The van der Waals surface area contributed by atoms with Crippen LogP contribution in [0.4, 0.5) is 0 Å². The highest BCUT2D eigenvalue weighted by molar-refractivity contribution is 5.59. The van der Waals surface area contributed by atoms with Crippen molar-refractivity contribution in [2.24, 2.45) is 0 Å². The lowest BCUT2D eigenvalue weighted by Gasteiger charge is -2.04. The van der Waals surface area contributed by atoms with E-state index in [0.29, 0.717) is 5.82 Å². The van der Waals surface area contributed by atoms with Crippen LogP contribution in [-0.4, -0.2) is 19.6 Å². The maximum absolute atomic E-state index is 11.1. The van der Waals surface area contributed by atoms with Crippen molar-refractivity contribution >= 4 is 5.65 Å². The van der Waals surface area contributed by atoms with Gasteiger partial charge in [0.15, 0.2) is 11.5 Å². The SMILES string of the molecule is O=c1ccc2cnc3cc[nH]n3c-2n1. The third kappa shape index (κ3) is 0.861. The summed E-state index contributed by atoms with van der Waals surface area (Å²) in [5.74, 6) is 0.604. The van der Waals surface area contributed by atoms with Crippen molar-refractivity contribution in [1.82, 2.24) is 19.6 Å². The van der Waals surface area contributed by atoms with Gasteiger partial charge in [-0.15, -0.1) is 0 Å². The number of aromatic nitrogens is 4. The Morgan fingerprint density at radius 3 is 3.14 bits per heavy atom. The van der Waals surface area contributed by atoms with Gasteiger partial charge >= 0.3 is 0 Å². The summed E-state index contributed by atoms with van der Waals surface area (Å²) in [6.45, 7) is 0. The van der Waals surface area contributed by atoms with Crippen LogP contribution >= 0.6 is 0 Å². The van der Waals surface area contributed by atoms with Gasteiger partial charge < -0.3 is 0 Å². The molecule has 2 aliphatic rings. The molecule has 0 aliphatic carbocycles. The largest absolute Gasteiger partial charge is 0.298 e. The molecule has 3 rings (SSSR count). The van der Waals surface area contributed by atoms with E-state index >= 15 is 0 Å². The van der Waals surface area contributed by atoms with Gasteiger partial charge in [0, 0.05) is 30.1 Å². The third-order valence-corrected chi connectivity index (χ3v) is 2.09. The summed E-state index contributed by atoms with van der Waals surface area (Å²) >= 11 is 0. The Bertz CT molecular complexity index is 624. The lowest BCUT2D eigenvalue weighted by Crippen LogP contribution is -2.10. The molecule has 0 atom stereocenters. The molecule has 0 spiro atoms. The predicted octanol–water partition coefficient (Wildman–Crippen LogP) is 0.522. The fourth-order valence-electron chi connectivity index (χ4n) is 1.45. The van der Waals surface area contributed by atoms with Crippen molar-refractivity contribution in [1.29, 1.82) is 0 Å². The van der Waals surface area contributed by atoms with Gasteiger partial charge in [-0.3, -0.25) is 9.89 Å². The summed E-state index contributed by atoms with van der Waals surface area (Å²) in [6, 6.07) is 4.96. The monoisotopic (exact) mass is 186 g/mol. The first-order valence-electron chi connectivity index (χ1n) is 4.16. The van der Waals surface area contributed by atoms with E-state index in [1.54, 1.807) is 23.0 Å². The highest BCUT2D eigenvalue weighted by Gasteiger charge is 2.08. The molecule has 3 heterocycles. The fourth-order valence-corrected chi connectivity index (χ4v) is 1.45. The van der Waals surface area contributed by atoms with E-state index in [-0.39, 0.29) is 5.56 Å². The number of aromatic amines is 1. The zero-order valence-corrected chi connectivity index (χ0v) is 7.14. The summed E-state index contributed by atoms with van der Waals surface area (Å²) in [5, 5.41) is 2.94. The first kappa shape index (κ1) is 7.25. The summed E-state index contributed by atoms with van der Waals surface area (Å²) in [7, 11) is 0. The number of fused-ring (bicyclic) bond motifs is 3. The predicted molar refractivity (Wildman–Crippen MR) is 50.2 cm³/mol. The summed E-state index contributed by atoms with van der Waals surface area (Å²) in [5.41, 5.74) is 1.34. The van der Waals surface area contributed by atoms with Crippen LogP contribution in [0.2, 0.25) is 0 Å². The standard InChI is InChI=1S/C9H6N4O/c14-8-2-1-6-5-10-7-3-4-11-13(7)9(6)12-8/h1-5,11H. The van der Waals surface area contributed by atoms with E-state index in [2.05, 4.69) is 15.1 Å². The average Bonchev–Trinajstić information content (AvgIpc) is 2.65. The van der Waals surface area contributed by atoms with Crippen LogP contribution in [0.15, 0.2) is 35.4 Å². The van der Waals surface area contributed by atoms with Gasteiger partial charge in [0.25, 0.3) is 5.56 Å². The first-order valence-corrected chi connectivity index (χ1v) is 4.16. The molecule has 1 aromatic heterocycles. The molecule has 0 bridgehead atoms. The number of nitrogens with zero attached hydrogens (tertiary/aromatic N) is 3. The lowest BCUT2D eigenvalue weighted by molar-refractivity contribution is 0.909. The summed E-state index contributed by atoms with van der Waals surface area (Å²) in [6.07, 6.45) is 3.45. The molecular formula is C9H6N4O. The summed E-state index contributed by atoms with van der Waals surface area (Å²) in [4.78, 5) is 19.2. The zero-order valence-electron chi connectivity index (χ0n) is 7.14. The Balaban J connectivity index is 2.59. The lowest BCUT2D eigenvalue weighted by atomic mass is 10.2. The van der Waals surface area contributed by atoms with Gasteiger partial charge in [-0.2, -0.15) is 4.98 Å². The Morgan fingerprint density at radius 1 is 1.29 bits per heavy atom. The molecule has 0 radical (unpaired) electrons. The fraction of sp³-hybridized carbons (Fsp3) is 0. The highest BCUT2D eigenvalue weighted by Crippen LogP contribution is 2.15. The molecule has 0 saturated heterocycles. The van der Waals surface area contributed by atoms with Gasteiger partial charge in [0.05, 0.1) is 0 Å². The van der Waals surface area contributed by atoms with Crippen LogP contribution < -0.4 is 5.56 Å². The molecule has 0 amide bonds. The second-order valence-corrected chi connectivity index (χ2v) is 2.98. The van der Waals surface area contributed by atoms with Crippen molar-refractivity contribution in [3.8, 4) is 11.4 Å². The normalized spacial score (nSPS) is 11.1. The molecule has 14 heavy (non-hydrogen) atoms. The van der Waals surface area contributed by atoms with Crippen molar-refractivity contribution in [3.63, 3.8) is 0 Å². The molecule has 2 aliphatic heterocycles. The average molecular weight is 186 g/mol. The number of nitrogens with one attached hydrogen (secondary N) is 1. The molecule has 0 unspecified atom stereocenters. The van der Waals surface area contributed by atoms with Crippen molar-refractivity contribution < 1.29 is 0 Å². The topological polar surface area (TPSA) is 63.0 Å². The number of hydrogen-bond acceptors (Lipinski definition) is 3.